The third kappa shape index (κ3) is 3.07. The lowest BCUT2D eigenvalue weighted by atomic mass is 10.0. The molecule has 1 aromatic carbocycles. The predicted molar refractivity (Wildman–Crippen MR) is 59.3 cm³/mol. The Morgan fingerprint density at radius 3 is 2.69 bits per heavy atom. The maximum absolute atomic E-state index is 13.4. The fourth-order valence-corrected chi connectivity index (χ4v) is 1.58. The zero-order valence-corrected chi connectivity index (χ0v) is 9.62. The zero-order valence-electron chi connectivity index (χ0n) is 8.86. The quantitative estimate of drug-likeness (QED) is 0.782. The summed E-state index contributed by atoms with van der Waals surface area (Å²) in [5.74, 6) is 0.0412. The van der Waals surface area contributed by atoms with Crippen LogP contribution in [0.2, 0.25) is 0 Å². The summed E-state index contributed by atoms with van der Waals surface area (Å²) in [7, 11) is 1.44. The lowest BCUT2D eigenvalue weighted by Crippen LogP contribution is -2.19. The SMILES string of the molecule is COc1ccc(F)c(C(O)C(O)CCCl)c1. The fourth-order valence-electron chi connectivity index (χ4n) is 1.35. The van der Waals surface area contributed by atoms with Gasteiger partial charge in [-0.25, -0.2) is 4.39 Å². The number of methoxy groups -OCH3 is 1. The van der Waals surface area contributed by atoms with E-state index in [-0.39, 0.29) is 17.9 Å². The van der Waals surface area contributed by atoms with Gasteiger partial charge in [-0.1, -0.05) is 0 Å². The standard InChI is InChI=1S/C11H14ClFO3/c1-16-7-2-3-9(13)8(6-7)11(15)10(14)4-5-12/h2-3,6,10-11,14-15H,4-5H2,1H3. The van der Waals surface area contributed by atoms with Crippen LogP contribution in [0.3, 0.4) is 0 Å². The number of ether oxygens (including phenoxy) is 1. The summed E-state index contributed by atoms with van der Waals surface area (Å²) in [5, 5.41) is 19.2. The molecule has 0 aliphatic heterocycles. The van der Waals surface area contributed by atoms with Crippen molar-refractivity contribution in [2.75, 3.05) is 13.0 Å². The Morgan fingerprint density at radius 2 is 2.12 bits per heavy atom. The van der Waals surface area contributed by atoms with Crippen LogP contribution < -0.4 is 4.74 Å². The molecule has 0 heterocycles. The van der Waals surface area contributed by atoms with Crippen LogP contribution in [-0.2, 0) is 0 Å². The summed E-state index contributed by atoms with van der Waals surface area (Å²) >= 11 is 5.44. The van der Waals surface area contributed by atoms with Crippen molar-refractivity contribution in [1.29, 1.82) is 0 Å². The first-order valence-electron chi connectivity index (χ1n) is 4.85. The smallest absolute Gasteiger partial charge is 0.129 e. The number of aliphatic hydroxyl groups is 2. The van der Waals surface area contributed by atoms with Crippen LogP contribution in [-0.4, -0.2) is 29.3 Å². The average Bonchev–Trinajstić information content (AvgIpc) is 2.29. The fraction of sp³-hybridized carbons (Fsp3) is 0.455. The Morgan fingerprint density at radius 1 is 1.44 bits per heavy atom. The van der Waals surface area contributed by atoms with Crippen molar-refractivity contribution < 1.29 is 19.3 Å². The van der Waals surface area contributed by atoms with Crippen molar-refractivity contribution in [2.45, 2.75) is 18.6 Å². The Labute approximate surface area is 98.4 Å². The van der Waals surface area contributed by atoms with Gasteiger partial charge in [0.2, 0.25) is 0 Å². The van der Waals surface area contributed by atoms with E-state index >= 15 is 0 Å². The number of rotatable bonds is 5. The molecule has 0 aromatic heterocycles. The van der Waals surface area contributed by atoms with Gasteiger partial charge < -0.3 is 14.9 Å². The second-order valence-corrected chi connectivity index (χ2v) is 3.76. The van der Waals surface area contributed by atoms with Crippen LogP contribution in [0.4, 0.5) is 4.39 Å². The van der Waals surface area contributed by atoms with Crippen LogP contribution in [0.5, 0.6) is 5.75 Å². The minimum Gasteiger partial charge on any atom is -0.497 e. The molecule has 5 heteroatoms. The monoisotopic (exact) mass is 248 g/mol. The first kappa shape index (κ1) is 13.2. The highest BCUT2D eigenvalue weighted by Gasteiger charge is 2.21. The zero-order chi connectivity index (χ0) is 12.1. The van der Waals surface area contributed by atoms with Gasteiger partial charge in [0.05, 0.1) is 13.2 Å². The van der Waals surface area contributed by atoms with Gasteiger partial charge in [0, 0.05) is 11.4 Å². The van der Waals surface area contributed by atoms with Crippen LogP contribution in [0.25, 0.3) is 0 Å². The van der Waals surface area contributed by atoms with Gasteiger partial charge in [-0.2, -0.15) is 0 Å². The summed E-state index contributed by atoms with van der Waals surface area (Å²) < 4.78 is 18.3. The molecule has 2 atom stereocenters. The maximum atomic E-state index is 13.4. The molecule has 0 bridgehead atoms. The molecule has 0 spiro atoms. The summed E-state index contributed by atoms with van der Waals surface area (Å²) in [6, 6.07) is 3.99. The molecule has 90 valence electrons. The molecule has 0 aliphatic carbocycles. The molecule has 3 nitrogen and oxygen atoms in total. The lowest BCUT2D eigenvalue weighted by Gasteiger charge is -2.18. The van der Waals surface area contributed by atoms with Crippen molar-refractivity contribution >= 4 is 11.6 Å². The number of aliphatic hydroxyl groups excluding tert-OH is 2. The highest BCUT2D eigenvalue weighted by atomic mass is 35.5. The van der Waals surface area contributed by atoms with E-state index in [4.69, 9.17) is 16.3 Å². The van der Waals surface area contributed by atoms with Gasteiger partial charge in [0.15, 0.2) is 0 Å². The van der Waals surface area contributed by atoms with E-state index < -0.39 is 18.0 Å². The van der Waals surface area contributed by atoms with E-state index in [9.17, 15) is 14.6 Å². The summed E-state index contributed by atoms with van der Waals surface area (Å²) in [5.41, 5.74) is 0.0111. The van der Waals surface area contributed by atoms with E-state index in [0.717, 1.165) is 0 Å². The Kier molecular flexibility index (Phi) is 4.99. The van der Waals surface area contributed by atoms with E-state index in [1.165, 1.54) is 25.3 Å². The maximum Gasteiger partial charge on any atom is 0.129 e. The van der Waals surface area contributed by atoms with Crippen LogP contribution >= 0.6 is 11.6 Å². The van der Waals surface area contributed by atoms with Gasteiger partial charge in [-0.3, -0.25) is 0 Å². The predicted octanol–water partition coefficient (Wildman–Crippen LogP) is 1.86. The van der Waals surface area contributed by atoms with Gasteiger partial charge >= 0.3 is 0 Å². The van der Waals surface area contributed by atoms with Gasteiger partial charge in [-0.05, 0) is 24.6 Å². The molecule has 2 unspecified atom stereocenters. The minimum atomic E-state index is -1.30. The van der Waals surface area contributed by atoms with Crippen molar-refractivity contribution in [2.24, 2.45) is 0 Å². The normalized spacial score (nSPS) is 14.6. The third-order valence-corrected chi connectivity index (χ3v) is 2.51. The first-order chi connectivity index (χ1) is 7.60. The molecule has 0 saturated heterocycles. The van der Waals surface area contributed by atoms with Crippen molar-refractivity contribution in [1.82, 2.24) is 0 Å². The van der Waals surface area contributed by atoms with Crippen LogP contribution in [0.1, 0.15) is 18.1 Å². The first-order valence-corrected chi connectivity index (χ1v) is 5.39. The van der Waals surface area contributed by atoms with E-state index in [2.05, 4.69) is 0 Å². The van der Waals surface area contributed by atoms with Crippen LogP contribution in [0.15, 0.2) is 18.2 Å². The second-order valence-electron chi connectivity index (χ2n) is 3.38. The van der Waals surface area contributed by atoms with E-state index in [1.54, 1.807) is 0 Å². The topological polar surface area (TPSA) is 49.7 Å². The largest absolute Gasteiger partial charge is 0.497 e. The Hall–Kier alpha value is -0.840. The van der Waals surface area contributed by atoms with E-state index in [0.29, 0.717) is 5.75 Å². The van der Waals surface area contributed by atoms with Crippen molar-refractivity contribution in [3.63, 3.8) is 0 Å². The van der Waals surface area contributed by atoms with Crippen LogP contribution in [0, 0.1) is 5.82 Å². The Balaban J connectivity index is 2.92. The molecule has 0 radical (unpaired) electrons. The number of hydrogen-bond donors (Lipinski definition) is 2. The summed E-state index contributed by atoms with van der Waals surface area (Å²) in [6.45, 7) is 0. The molecule has 1 aromatic rings. The molecule has 0 amide bonds. The summed E-state index contributed by atoms with van der Waals surface area (Å²) in [6.07, 6.45) is -2.19. The second kappa shape index (κ2) is 6.03. The third-order valence-electron chi connectivity index (χ3n) is 2.29. The molecular formula is C11H14ClFO3. The van der Waals surface area contributed by atoms with Crippen molar-refractivity contribution in [3.8, 4) is 5.75 Å². The lowest BCUT2D eigenvalue weighted by molar-refractivity contribution is 0.0148. The molecule has 0 saturated carbocycles. The van der Waals surface area contributed by atoms with Gasteiger partial charge in [0.1, 0.15) is 17.7 Å². The van der Waals surface area contributed by atoms with Crippen molar-refractivity contribution in [3.05, 3.63) is 29.6 Å². The summed E-state index contributed by atoms with van der Waals surface area (Å²) in [4.78, 5) is 0. The average molecular weight is 249 g/mol. The number of alkyl halides is 1. The molecule has 2 N–H and O–H groups in total. The minimum absolute atomic E-state index is 0.0111. The van der Waals surface area contributed by atoms with E-state index in [1.807, 2.05) is 0 Å². The molecular weight excluding hydrogens is 235 g/mol. The molecule has 0 aliphatic rings. The highest BCUT2D eigenvalue weighted by molar-refractivity contribution is 6.17. The number of halogens is 2. The number of hydrogen-bond acceptors (Lipinski definition) is 3. The highest BCUT2D eigenvalue weighted by Crippen LogP contribution is 2.26. The number of benzene rings is 1. The van der Waals surface area contributed by atoms with Gasteiger partial charge in [0.25, 0.3) is 0 Å². The molecule has 1 rings (SSSR count). The Bertz CT molecular complexity index is 346. The molecule has 0 fully saturated rings. The van der Waals surface area contributed by atoms with Gasteiger partial charge in [-0.15, -0.1) is 11.6 Å². The molecule has 16 heavy (non-hydrogen) atoms.